The van der Waals surface area contributed by atoms with Crippen molar-refractivity contribution < 1.29 is 4.79 Å². The number of carbonyl (C=O) groups excluding carboxylic acids is 1. The Bertz CT molecular complexity index is 426. The average Bonchev–Trinajstić information content (AvgIpc) is 3.24. The van der Waals surface area contributed by atoms with E-state index in [0.29, 0.717) is 12.6 Å². The number of anilines is 1. The van der Waals surface area contributed by atoms with Crippen molar-refractivity contribution in [3.63, 3.8) is 0 Å². The van der Waals surface area contributed by atoms with E-state index in [9.17, 15) is 4.79 Å². The van der Waals surface area contributed by atoms with E-state index >= 15 is 0 Å². The predicted octanol–water partition coefficient (Wildman–Crippen LogP) is -0.123. The molecule has 2 heterocycles. The van der Waals surface area contributed by atoms with Gasteiger partial charge in [0.1, 0.15) is 0 Å². The lowest BCUT2D eigenvalue weighted by Crippen LogP contribution is -2.50. The number of amides is 1. The molecule has 6 nitrogen and oxygen atoms in total. The molecule has 0 atom stereocenters. The van der Waals surface area contributed by atoms with Crippen molar-refractivity contribution in [1.29, 1.82) is 0 Å². The van der Waals surface area contributed by atoms with Crippen LogP contribution in [0, 0.1) is 0 Å². The lowest BCUT2D eigenvalue weighted by Gasteiger charge is -2.34. The largest absolute Gasteiger partial charge is 0.352 e. The molecule has 2 fully saturated rings. The Morgan fingerprint density at radius 3 is 2.53 bits per heavy atom. The minimum atomic E-state index is 0.159. The zero-order chi connectivity index (χ0) is 13.1. The molecular formula is C13H19N5O. The molecule has 0 unspecified atom stereocenters. The van der Waals surface area contributed by atoms with Crippen LogP contribution in [0.5, 0.6) is 0 Å². The monoisotopic (exact) mass is 261 g/mol. The lowest BCUT2D eigenvalue weighted by atomic mass is 10.3. The van der Waals surface area contributed by atoms with Gasteiger partial charge in [0.05, 0.1) is 6.54 Å². The maximum atomic E-state index is 11.7. The van der Waals surface area contributed by atoms with Gasteiger partial charge in [-0.3, -0.25) is 9.69 Å². The smallest absolute Gasteiger partial charge is 0.234 e. The molecule has 1 aromatic heterocycles. The van der Waals surface area contributed by atoms with Crippen LogP contribution in [0.25, 0.3) is 0 Å². The molecule has 0 radical (unpaired) electrons. The first-order valence-electron chi connectivity index (χ1n) is 6.85. The fourth-order valence-electron chi connectivity index (χ4n) is 2.26. The Morgan fingerprint density at radius 2 is 1.89 bits per heavy atom. The molecule has 0 aromatic carbocycles. The molecule has 0 bridgehead atoms. The Kier molecular flexibility index (Phi) is 3.59. The zero-order valence-electron chi connectivity index (χ0n) is 11.0. The van der Waals surface area contributed by atoms with Crippen molar-refractivity contribution in [3.05, 3.63) is 18.5 Å². The highest BCUT2D eigenvalue weighted by molar-refractivity contribution is 5.78. The van der Waals surface area contributed by atoms with Crippen LogP contribution in [0.2, 0.25) is 0 Å². The summed E-state index contributed by atoms with van der Waals surface area (Å²) in [6.45, 7) is 4.04. The predicted molar refractivity (Wildman–Crippen MR) is 71.8 cm³/mol. The standard InChI is InChI=1S/C13H19N5O/c19-12(16-11-2-3-11)10-17-6-8-18(9-7-17)13-14-4-1-5-15-13/h1,4-5,11H,2-3,6-10H2,(H,16,19). The van der Waals surface area contributed by atoms with Gasteiger partial charge in [-0.15, -0.1) is 0 Å². The summed E-state index contributed by atoms with van der Waals surface area (Å²) < 4.78 is 0. The van der Waals surface area contributed by atoms with Crippen LogP contribution >= 0.6 is 0 Å². The molecule has 19 heavy (non-hydrogen) atoms. The maximum absolute atomic E-state index is 11.7. The summed E-state index contributed by atoms with van der Waals surface area (Å²) in [6, 6.07) is 2.27. The quantitative estimate of drug-likeness (QED) is 0.818. The summed E-state index contributed by atoms with van der Waals surface area (Å²) in [5.74, 6) is 0.941. The minimum absolute atomic E-state index is 0.159. The maximum Gasteiger partial charge on any atom is 0.234 e. The molecule has 1 N–H and O–H groups in total. The summed E-state index contributed by atoms with van der Waals surface area (Å²) in [6.07, 6.45) is 5.81. The van der Waals surface area contributed by atoms with Crippen molar-refractivity contribution in [1.82, 2.24) is 20.2 Å². The second kappa shape index (κ2) is 5.52. The van der Waals surface area contributed by atoms with E-state index in [1.165, 1.54) is 0 Å². The first-order valence-corrected chi connectivity index (χ1v) is 6.85. The summed E-state index contributed by atoms with van der Waals surface area (Å²) in [7, 11) is 0. The fourth-order valence-corrected chi connectivity index (χ4v) is 2.26. The number of aromatic nitrogens is 2. The van der Waals surface area contributed by atoms with Crippen LogP contribution in [0.4, 0.5) is 5.95 Å². The number of hydrogen-bond donors (Lipinski definition) is 1. The van der Waals surface area contributed by atoms with Gasteiger partial charge in [-0.1, -0.05) is 0 Å². The van der Waals surface area contributed by atoms with Gasteiger partial charge in [0.15, 0.2) is 0 Å². The molecule has 1 saturated carbocycles. The van der Waals surface area contributed by atoms with E-state index in [-0.39, 0.29) is 5.91 Å². The van der Waals surface area contributed by atoms with E-state index in [0.717, 1.165) is 45.0 Å². The van der Waals surface area contributed by atoms with E-state index < -0.39 is 0 Å². The van der Waals surface area contributed by atoms with Crippen LogP contribution in [0.3, 0.4) is 0 Å². The van der Waals surface area contributed by atoms with Crippen LogP contribution in [-0.4, -0.2) is 59.5 Å². The molecule has 6 heteroatoms. The normalized spacial score (nSPS) is 20.3. The molecular weight excluding hydrogens is 242 g/mol. The van der Waals surface area contributed by atoms with E-state index in [2.05, 4.69) is 25.1 Å². The summed E-state index contributed by atoms with van der Waals surface area (Å²) in [5, 5.41) is 3.03. The number of hydrogen-bond acceptors (Lipinski definition) is 5. The van der Waals surface area contributed by atoms with Crippen molar-refractivity contribution in [2.24, 2.45) is 0 Å². The van der Waals surface area contributed by atoms with Gasteiger partial charge in [0, 0.05) is 44.6 Å². The van der Waals surface area contributed by atoms with Gasteiger partial charge >= 0.3 is 0 Å². The fraction of sp³-hybridized carbons (Fsp3) is 0.615. The van der Waals surface area contributed by atoms with E-state index in [4.69, 9.17) is 0 Å². The van der Waals surface area contributed by atoms with Crippen molar-refractivity contribution in [2.75, 3.05) is 37.6 Å². The third kappa shape index (κ3) is 3.41. The van der Waals surface area contributed by atoms with Crippen molar-refractivity contribution in [3.8, 4) is 0 Å². The van der Waals surface area contributed by atoms with Crippen molar-refractivity contribution in [2.45, 2.75) is 18.9 Å². The van der Waals surface area contributed by atoms with Crippen LogP contribution < -0.4 is 10.2 Å². The van der Waals surface area contributed by atoms with Gasteiger partial charge in [0.2, 0.25) is 11.9 Å². The molecule has 102 valence electrons. The molecule has 1 aromatic rings. The van der Waals surface area contributed by atoms with E-state index in [1.807, 2.05) is 6.07 Å². The van der Waals surface area contributed by atoms with Crippen LogP contribution in [0.1, 0.15) is 12.8 Å². The summed E-state index contributed by atoms with van der Waals surface area (Å²) in [4.78, 5) is 24.6. The number of nitrogens with zero attached hydrogens (tertiary/aromatic N) is 4. The van der Waals surface area contributed by atoms with Crippen LogP contribution in [-0.2, 0) is 4.79 Å². The summed E-state index contributed by atoms with van der Waals surface area (Å²) in [5.41, 5.74) is 0. The Labute approximate surface area is 112 Å². The van der Waals surface area contributed by atoms with E-state index in [1.54, 1.807) is 12.4 Å². The zero-order valence-corrected chi connectivity index (χ0v) is 11.0. The average molecular weight is 261 g/mol. The SMILES string of the molecule is O=C(CN1CCN(c2ncccn2)CC1)NC1CC1. The topological polar surface area (TPSA) is 61.4 Å². The number of nitrogens with one attached hydrogen (secondary N) is 1. The highest BCUT2D eigenvalue weighted by atomic mass is 16.2. The number of carbonyl (C=O) groups is 1. The Balaban J connectivity index is 1.45. The first kappa shape index (κ1) is 12.3. The second-order valence-electron chi connectivity index (χ2n) is 5.15. The Hall–Kier alpha value is -1.69. The number of rotatable bonds is 4. The first-order chi connectivity index (χ1) is 9.31. The van der Waals surface area contributed by atoms with Crippen molar-refractivity contribution >= 4 is 11.9 Å². The number of piperazine rings is 1. The Morgan fingerprint density at radius 1 is 1.21 bits per heavy atom. The van der Waals surface area contributed by atoms with Gasteiger partial charge in [-0.05, 0) is 18.9 Å². The molecule has 3 rings (SSSR count). The second-order valence-corrected chi connectivity index (χ2v) is 5.15. The van der Waals surface area contributed by atoms with Crippen LogP contribution in [0.15, 0.2) is 18.5 Å². The third-order valence-electron chi connectivity index (χ3n) is 3.52. The van der Waals surface area contributed by atoms with Gasteiger partial charge in [-0.2, -0.15) is 0 Å². The molecule has 1 aliphatic heterocycles. The van der Waals surface area contributed by atoms with Gasteiger partial charge in [-0.25, -0.2) is 9.97 Å². The molecule has 1 amide bonds. The van der Waals surface area contributed by atoms with Gasteiger partial charge in [0.25, 0.3) is 0 Å². The molecule has 1 saturated heterocycles. The molecule has 2 aliphatic rings. The molecule has 1 aliphatic carbocycles. The lowest BCUT2D eigenvalue weighted by molar-refractivity contribution is -0.122. The summed E-state index contributed by atoms with van der Waals surface area (Å²) >= 11 is 0. The highest BCUT2D eigenvalue weighted by Crippen LogP contribution is 2.18. The minimum Gasteiger partial charge on any atom is -0.352 e. The molecule has 0 spiro atoms. The third-order valence-corrected chi connectivity index (χ3v) is 3.52. The van der Waals surface area contributed by atoms with Gasteiger partial charge < -0.3 is 10.2 Å². The highest BCUT2D eigenvalue weighted by Gasteiger charge is 2.25.